The van der Waals surface area contributed by atoms with Crippen molar-refractivity contribution < 1.29 is 0 Å². The minimum atomic E-state index is 0.229. The third-order valence-corrected chi connectivity index (χ3v) is 4.12. The second-order valence-corrected chi connectivity index (χ2v) is 10.4. The largest absolute Gasteiger partial charge is 0.309 e. The van der Waals surface area contributed by atoms with Gasteiger partial charge in [0.05, 0.1) is 0 Å². The lowest BCUT2D eigenvalue weighted by atomic mass is 9.63. The van der Waals surface area contributed by atoms with Gasteiger partial charge in [-0.3, -0.25) is 0 Å². The zero-order valence-corrected chi connectivity index (χ0v) is 14.9. The highest BCUT2D eigenvalue weighted by Crippen LogP contribution is 2.46. The predicted molar refractivity (Wildman–Crippen MR) is 86.5 cm³/mol. The maximum atomic E-state index is 3.96. The first kappa shape index (κ1) is 17.0. The molecule has 19 heavy (non-hydrogen) atoms. The van der Waals surface area contributed by atoms with E-state index in [1.165, 1.54) is 25.7 Å². The SMILES string of the molecule is CC(C)(C)CC(C)(C)NC1CC(C)(C)CC(C)(C)C1. The van der Waals surface area contributed by atoms with Gasteiger partial charge in [0.25, 0.3) is 0 Å². The van der Waals surface area contributed by atoms with Crippen molar-refractivity contribution in [1.29, 1.82) is 0 Å². The number of hydrogen-bond acceptors (Lipinski definition) is 1. The molecule has 0 aromatic carbocycles. The lowest BCUT2D eigenvalue weighted by molar-refractivity contribution is 0.0673. The molecule has 1 nitrogen and oxygen atoms in total. The molecule has 1 rings (SSSR count). The molecule has 0 heterocycles. The van der Waals surface area contributed by atoms with Gasteiger partial charge in [-0.1, -0.05) is 48.5 Å². The maximum Gasteiger partial charge on any atom is 0.0132 e. The van der Waals surface area contributed by atoms with Crippen molar-refractivity contribution in [2.75, 3.05) is 0 Å². The van der Waals surface area contributed by atoms with E-state index in [9.17, 15) is 0 Å². The van der Waals surface area contributed by atoms with E-state index >= 15 is 0 Å². The van der Waals surface area contributed by atoms with Gasteiger partial charge in [0.15, 0.2) is 0 Å². The van der Waals surface area contributed by atoms with Gasteiger partial charge in [-0.25, -0.2) is 0 Å². The molecular formula is C18H37N. The van der Waals surface area contributed by atoms with Crippen molar-refractivity contribution >= 4 is 0 Å². The Morgan fingerprint density at radius 3 is 1.68 bits per heavy atom. The van der Waals surface area contributed by atoms with Crippen LogP contribution in [0.4, 0.5) is 0 Å². The third-order valence-electron chi connectivity index (χ3n) is 4.12. The van der Waals surface area contributed by atoms with Gasteiger partial charge in [0, 0.05) is 11.6 Å². The Labute approximate surface area is 121 Å². The van der Waals surface area contributed by atoms with Crippen LogP contribution in [0.2, 0.25) is 0 Å². The Bertz CT molecular complexity index is 288. The Kier molecular flexibility index (Phi) is 4.53. The highest BCUT2D eigenvalue weighted by Gasteiger charge is 2.40. The number of rotatable bonds is 3. The minimum absolute atomic E-state index is 0.229. The molecule has 1 saturated carbocycles. The predicted octanol–water partition coefficient (Wildman–Crippen LogP) is 5.40. The van der Waals surface area contributed by atoms with Crippen LogP contribution in [0.1, 0.15) is 88.0 Å². The van der Waals surface area contributed by atoms with Crippen molar-refractivity contribution in [2.24, 2.45) is 16.2 Å². The molecule has 1 N–H and O–H groups in total. The molecule has 0 aromatic heterocycles. The molecule has 1 aliphatic rings. The van der Waals surface area contributed by atoms with Crippen molar-refractivity contribution in [3.63, 3.8) is 0 Å². The van der Waals surface area contributed by atoms with E-state index in [1.807, 2.05) is 0 Å². The molecule has 0 spiro atoms. The molecule has 0 atom stereocenters. The zero-order valence-electron chi connectivity index (χ0n) is 14.9. The molecule has 114 valence electrons. The van der Waals surface area contributed by atoms with Crippen LogP contribution >= 0.6 is 0 Å². The summed E-state index contributed by atoms with van der Waals surface area (Å²) in [5.74, 6) is 0. The summed E-state index contributed by atoms with van der Waals surface area (Å²) in [6.07, 6.45) is 5.18. The zero-order chi connectivity index (χ0) is 15.1. The van der Waals surface area contributed by atoms with E-state index in [1.54, 1.807) is 0 Å². The maximum absolute atomic E-state index is 3.96. The summed E-state index contributed by atoms with van der Waals surface area (Å²) in [6.45, 7) is 21.5. The van der Waals surface area contributed by atoms with Gasteiger partial charge in [-0.05, 0) is 55.8 Å². The lowest BCUT2D eigenvalue weighted by Crippen LogP contribution is -2.52. The molecule has 0 radical (unpaired) electrons. The fourth-order valence-electron chi connectivity index (χ4n) is 4.88. The van der Waals surface area contributed by atoms with Crippen LogP contribution < -0.4 is 5.32 Å². The van der Waals surface area contributed by atoms with Gasteiger partial charge in [-0.15, -0.1) is 0 Å². The first-order valence-corrected chi connectivity index (χ1v) is 7.98. The topological polar surface area (TPSA) is 12.0 Å². The molecule has 0 saturated heterocycles. The standard InChI is InChI=1S/C18H37N/c1-15(2,3)12-18(8,9)19-14-10-16(4,5)13-17(6,7)11-14/h14,19H,10-13H2,1-9H3. The summed E-state index contributed by atoms with van der Waals surface area (Å²) < 4.78 is 0. The first-order chi connectivity index (χ1) is 8.20. The molecule has 1 fully saturated rings. The molecule has 0 bridgehead atoms. The first-order valence-electron chi connectivity index (χ1n) is 7.98. The van der Waals surface area contributed by atoms with Gasteiger partial charge in [0.2, 0.25) is 0 Å². The Hall–Kier alpha value is -0.0400. The highest BCUT2D eigenvalue weighted by atomic mass is 15.0. The van der Waals surface area contributed by atoms with Gasteiger partial charge < -0.3 is 5.32 Å². The van der Waals surface area contributed by atoms with Crippen molar-refractivity contribution in [3.8, 4) is 0 Å². The summed E-state index contributed by atoms with van der Waals surface area (Å²) >= 11 is 0. The molecule has 0 aliphatic heterocycles. The van der Waals surface area contributed by atoms with Gasteiger partial charge in [0.1, 0.15) is 0 Å². The van der Waals surface area contributed by atoms with Crippen molar-refractivity contribution in [1.82, 2.24) is 5.32 Å². The van der Waals surface area contributed by atoms with E-state index in [4.69, 9.17) is 0 Å². The fourth-order valence-corrected chi connectivity index (χ4v) is 4.88. The molecule has 1 aliphatic carbocycles. The number of nitrogens with one attached hydrogen (secondary N) is 1. The van der Waals surface area contributed by atoms with E-state index in [2.05, 4.69) is 67.6 Å². The summed E-state index contributed by atoms with van der Waals surface area (Å²) in [7, 11) is 0. The third kappa shape index (κ3) is 6.29. The Morgan fingerprint density at radius 1 is 0.895 bits per heavy atom. The van der Waals surface area contributed by atoms with E-state index < -0.39 is 0 Å². The summed E-state index contributed by atoms with van der Waals surface area (Å²) in [4.78, 5) is 0. The van der Waals surface area contributed by atoms with Crippen LogP contribution in [0.3, 0.4) is 0 Å². The van der Waals surface area contributed by atoms with E-state index in [-0.39, 0.29) is 5.54 Å². The molecule has 1 heteroatoms. The molecule has 0 amide bonds. The molecule has 0 aromatic rings. The van der Waals surface area contributed by atoms with Crippen LogP contribution in [0.5, 0.6) is 0 Å². The normalized spacial score (nSPS) is 24.5. The summed E-state index contributed by atoms with van der Waals surface area (Å²) in [5, 5.41) is 3.96. The summed E-state index contributed by atoms with van der Waals surface area (Å²) in [6, 6.07) is 0.663. The Balaban J connectivity index is 2.70. The fraction of sp³-hybridized carbons (Fsp3) is 1.00. The van der Waals surface area contributed by atoms with E-state index in [0.717, 1.165) is 0 Å². The molecular weight excluding hydrogens is 230 g/mol. The lowest BCUT2D eigenvalue weighted by Gasteiger charge is -2.48. The number of hydrogen-bond donors (Lipinski definition) is 1. The van der Waals surface area contributed by atoms with E-state index in [0.29, 0.717) is 22.3 Å². The van der Waals surface area contributed by atoms with Crippen LogP contribution in [0.15, 0.2) is 0 Å². The average molecular weight is 268 g/mol. The van der Waals surface area contributed by atoms with Crippen LogP contribution in [-0.4, -0.2) is 11.6 Å². The van der Waals surface area contributed by atoms with Crippen LogP contribution in [0.25, 0.3) is 0 Å². The average Bonchev–Trinajstić information content (AvgIpc) is 1.87. The van der Waals surface area contributed by atoms with Crippen molar-refractivity contribution in [3.05, 3.63) is 0 Å². The van der Waals surface area contributed by atoms with Crippen LogP contribution in [0, 0.1) is 16.2 Å². The van der Waals surface area contributed by atoms with Crippen LogP contribution in [-0.2, 0) is 0 Å². The van der Waals surface area contributed by atoms with Crippen molar-refractivity contribution in [2.45, 2.75) is 99.6 Å². The minimum Gasteiger partial charge on any atom is -0.309 e. The highest BCUT2D eigenvalue weighted by molar-refractivity contribution is 4.96. The quantitative estimate of drug-likeness (QED) is 0.722. The van der Waals surface area contributed by atoms with Gasteiger partial charge >= 0.3 is 0 Å². The monoisotopic (exact) mass is 267 g/mol. The second kappa shape index (κ2) is 5.06. The molecule has 0 unspecified atom stereocenters. The summed E-state index contributed by atoms with van der Waals surface area (Å²) in [5.41, 5.74) is 1.55. The van der Waals surface area contributed by atoms with Gasteiger partial charge in [-0.2, -0.15) is 0 Å². The smallest absolute Gasteiger partial charge is 0.0132 e. The Morgan fingerprint density at radius 2 is 1.32 bits per heavy atom. The second-order valence-electron chi connectivity index (χ2n) is 10.4.